The molecule has 0 spiro atoms. The lowest BCUT2D eigenvalue weighted by Crippen LogP contribution is -2.20. The van der Waals surface area contributed by atoms with Crippen LogP contribution in [-0.4, -0.2) is 6.03 Å². The van der Waals surface area contributed by atoms with E-state index in [2.05, 4.69) is 26.6 Å². The highest BCUT2D eigenvalue weighted by Gasteiger charge is 2.06. The fraction of sp³-hybridized carbons (Fsp3) is 0.188. The van der Waals surface area contributed by atoms with Gasteiger partial charge in [0.1, 0.15) is 0 Å². The molecule has 5 heteroatoms. The van der Waals surface area contributed by atoms with Crippen LogP contribution in [0.25, 0.3) is 0 Å². The van der Waals surface area contributed by atoms with Crippen molar-refractivity contribution in [1.29, 1.82) is 0 Å². The number of carbonyl (C=O) groups is 1. The number of aryl methyl sites for hydroxylation is 1. The third-order valence-corrected chi connectivity index (χ3v) is 3.60. The minimum atomic E-state index is -0.276. The minimum absolute atomic E-state index is 0.0662. The molecule has 110 valence electrons. The number of hydrogen-bond acceptors (Lipinski definition) is 2. The number of anilines is 2. The van der Waals surface area contributed by atoms with Gasteiger partial charge < -0.3 is 16.4 Å². The van der Waals surface area contributed by atoms with Crippen LogP contribution in [0.15, 0.2) is 46.9 Å². The molecule has 2 amide bonds. The molecule has 4 N–H and O–H groups in total. The fourth-order valence-electron chi connectivity index (χ4n) is 1.95. The molecule has 21 heavy (non-hydrogen) atoms. The summed E-state index contributed by atoms with van der Waals surface area (Å²) in [5.74, 6) is 0. The summed E-state index contributed by atoms with van der Waals surface area (Å²) in [4.78, 5) is 12.0. The summed E-state index contributed by atoms with van der Waals surface area (Å²) in [6, 6.07) is 12.9. The van der Waals surface area contributed by atoms with Crippen LogP contribution < -0.4 is 16.4 Å². The fourth-order valence-corrected chi connectivity index (χ4v) is 2.43. The van der Waals surface area contributed by atoms with Gasteiger partial charge in [-0.3, -0.25) is 0 Å². The maximum atomic E-state index is 12.0. The number of nitrogens with two attached hydrogens (primary N) is 1. The highest BCUT2D eigenvalue weighted by Crippen LogP contribution is 2.21. The van der Waals surface area contributed by atoms with Crippen molar-refractivity contribution in [3.8, 4) is 0 Å². The second kappa shape index (κ2) is 6.74. The number of urea groups is 1. The van der Waals surface area contributed by atoms with Crippen LogP contribution in [0.2, 0.25) is 0 Å². The van der Waals surface area contributed by atoms with Gasteiger partial charge in [-0.2, -0.15) is 0 Å². The van der Waals surface area contributed by atoms with E-state index in [4.69, 9.17) is 5.73 Å². The van der Waals surface area contributed by atoms with Crippen molar-refractivity contribution in [1.82, 2.24) is 0 Å². The Bertz CT molecular complexity index is 656. The van der Waals surface area contributed by atoms with Gasteiger partial charge in [-0.1, -0.05) is 28.1 Å². The smallest absolute Gasteiger partial charge is 0.323 e. The van der Waals surface area contributed by atoms with Crippen molar-refractivity contribution in [2.45, 2.75) is 19.9 Å². The number of benzene rings is 2. The van der Waals surface area contributed by atoms with E-state index in [1.165, 1.54) is 0 Å². The van der Waals surface area contributed by atoms with Crippen molar-refractivity contribution in [2.24, 2.45) is 5.73 Å². The van der Waals surface area contributed by atoms with Crippen molar-refractivity contribution in [3.05, 3.63) is 58.1 Å². The Morgan fingerprint density at radius 3 is 2.62 bits per heavy atom. The number of amides is 2. The SMILES string of the molecule is Cc1cc(Br)ccc1NC(=O)Nc1cccc(C(C)N)c1. The Morgan fingerprint density at radius 1 is 1.19 bits per heavy atom. The average Bonchev–Trinajstić information content (AvgIpc) is 2.42. The second-order valence-electron chi connectivity index (χ2n) is 4.95. The summed E-state index contributed by atoms with van der Waals surface area (Å²) in [6.45, 7) is 3.85. The van der Waals surface area contributed by atoms with Crippen LogP contribution in [0, 0.1) is 6.92 Å². The van der Waals surface area contributed by atoms with Crippen LogP contribution in [0.5, 0.6) is 0 Å². The van der Waals surface area contributed by atoms with Crippen LogP contribution in [-0.2, 0) is 0 Å². The van der Waals surface area contributed by atoms with Gasteiger partial charge in [-0.05, 0) is 55.3 Å². The molecular formula is C16H18BrN3O. The number of carbonyl (C=O) groups excluding carboxylic acids is 1. The van der Waals surface area contributed by atoms with Crippen molar-refractivity contribution in [2.75, 3.05) is 10.6 Å². The van der Waals surface area contributed by atoms with E-state index in [-0.39, 0.29) is 12.1 Å². The summed E-state index contributed by atoms with van der Waals surface area (Å²) < 4.78 is 0.982. The second-order valence-corrected chi connectivity index (χ2v) is 5.87. The summed E-state index contributed by atoms with van der Waals surface area (Å²) in [7, 11) is 0. The Hall–Kier alpha value is -1.85. The molecule has 1 atom stereocenters. The lowest BCUT2D eigenvalue weighted by molar-refractivity contribution is 0.262. The third-order valence-electron chi connectivity index (χ3n) is 3.11. The summed E-state index contributed by atoms with van der Waals surface area (Å²) >= 11 is 3.40. The lowest BCUT2D eigenvalue weighted by Gasteiger charge is -2.12. The summed E-state index contributed by atoms with van der Waals surface area (Å²) in [5.41, 5.74) is 9.30. The first kappa shape index (κ1) is 15.5. The zero-order valence-electron chi connectivity index (χ0n) is 12.0. The summed E-state index contributed by atoms with van der Waals surface area (Å²) in [5, 5.41) is 5.64. The molecule has 0 aliphatic heterocycles. The highest BCUT2D eigenvalue weighted by molar-refractivity contribution is 9.10. The molecule has 2 rings (SSSR count). The molecule has 0 radical (unpaired) electrons. The average molecular weight is 348 g/mol. The van der Waals surface area contributed by atoms with Crippen LogP contribution in [0.1, 0.15) is 24.1 Å². The molecule has 0 aromatic heterocycles. The van der Waals surface area contributed by atoms with E-state index >= 15 is 0 Å². The predicted octanol–water partition coefficient (Wildman–Crippen LogP) is 4.42. The third kappa shape index (κ3) is 4.31. The molecule has 0 aliphatic rings. The van der Waals surface area contributed by atoms with Gasteiger partial charge in [0.15, 0.2) is 0 Å². The highest BCUT2D eigenvalue weighted by atomic mass is 79.9. The van der Waals surface area contributed by atoms with Gasteiger partial charge in [0, 0.05) is 21.9 Å². The monoisotopic (exact) mass is 347 g/mol. The number of hydrogen-bond donors (Lipinski definition) is 3. The van der Waals surface area contributed by atoms with Gasteiger partial charge in [0.05, 0.1) is 0 Å². The Labute approximate surface area is 132 Å². The van der Waals surface area contributed by atoms with E-state index in [0.717, 1.165) is 27.0 Å². The maximum Gasteiger partial charge on any atom is 0.323 e. The zero-order chi connectivity index (χ0) is 15.4. The van der Waals surface area contributed by atoms with E-state index in [1.807, 2.05) is 56.3 Å². The van der Waals surface area contributed by atoms with E-state index in [1.54, 1.807) is 0 Å². The topological polar surface area (TPSA) is 67.2 Å². The minimum Gasteiger partial charge on any atom is -0.324 e. The molecule has 4 nitrogen and oxygen atoms in total. The molecule has 1 unspecified atom stereocenters. The van der Waals surface area contributed by atoms with Gasteiger partial charge >= 0.3 is 6.03 Å². The first-order valence-corrected chi connectivity index (χ1v) is 7.44. The van der Waals surface area contributed by atoms with Gasteiger partial charge in [0.25, 0.3) is 0 Å². The Morgan fingerprint density at radius 2 is 1.95 bits per heavy atom. The van der Waals surface area contributed by atoms with Crippen LogP contribution >= 0.6 is 15.9 Å². The molecule has 2 aromatic rings. The molecule has 0 aliphatic carbocycles. The normalized spacial score (nSPS) is 11.8. The molecule has 2 aromatic carbocycles. The van der Waals surface area contributed by atoms with Crippen molar-refractivity contribution in [3.63, 3.8) is 0 Å². The Balaban J connectivity index is 2.06. The molecule has 0 saturated heterocycles. The van der Waals surface area contributed by atoms with E-state index < -0.39 is 0 Å². The quantitative estimate of drug-likeness (QED) is 0.769. The summed E-state index contributed by atoms with van der Waals surface area (Å²) in [6.07, 6.45) is 0. The standard InChI is InChI=1S/C16H18BrN3O/c1-10-8-13(17)6-7-15(10)20-16(21)19-14-5-3-4-12(9-14)11(2)18/h3-9,11H,18H2,1-2H3,(H2,19,20,21). The van der Waals surface area contributed by atoms with Crippen LogP contribution in [0.4, 0.5) is 16.2 Å². The largest absolute Gasteiger partial charge is 0.324 e. The van der Waals surface area contributed by atoms with E-state index in [9.17, 15) is 4.79 Å². The predicted molar refractivity (Wildman–Crippen MR) is 90.6 cm³/mol. The zero-order valence-corrected chi connectivity index (χ0v) is 13.6. The molecular weight excluding hydrogens is 330 g/mol. The molecule has 0 bridgehead atoms. The Kier molecular flexibility index (Phi) is 4.98. The first-order chi connectivity index (χ1) is 9.95. The van der Waals surface area contributed by atoms with Crippen LogP contribution in [0.3, 0.4) is 0 Å². The molecule has 0 fully saturated rings. The maximum absolute atomic E-state index is 12.0. The number of halogens is 1. The molecule has 0 heterocycles. The van der Waals surface area contributed by atoms with Crippen molar-refractivity contribution < 1.29 is 4.79 Å². The number of rotatable bonds is 3. The van der Waals surface area contributed by atoms with Crippen molar-refractivity contribution >= 4 is 33.3 Å². The molecule has 0 saturated carbocycles. The first-order valence-electron chi connectivity index (χ1n) is 6.65. The van der Waals surface area contributed by atoms with Gasteiger partial charge in [-0.15, -0.1) is 0 Å². The number of nitrogens with one attached hydrogen (secondary N) is 2. The lowest BCUT2D eigenvalue weighted by atomic mass is 10.1. The van der Waals surface area contributed by atoms with Gasteiger partial charge in [-0.25, -0.2) is 4.79 Å². The van der Waals surface area contributed by atoms with E-state index in [0.29, 0.717) is 0 Å². The van der Waals surface area contributed by atoms with Gasteiger partial charge in [0.2, 0.25) is 0 Å².